The van der Waals surface area contributed by atoms with Gasteiger partial charge in [-0.25, -0.2) is 9.59 Å². The van der Waals surface area contributed by atoms with Gasteiger partial charge in [0.1, 0.15) is 12.4 Å². The van der Waals surface area contributed by atoms with Crippen LogP contribution in [-0.4, -0.2) is 64.4 Å². The predicted octanol–water partition coefficient (Wildman–Crippen LogP) is 0.711. The molecule has 1 heterocycles. The number of ether oxygens (including phenoxy) is 3. The van der Waals surface area contributed by atoms with Crippen molar-refractivity contribution in [1.82, 2.24) is 4.90 Å². The summed E-state index contributed by atoms with van der Waals surface area (Å²) in [4.78, 5) is 39.1. The smallest absolute Gasteiger partial charge is 0.355 e. The van der Waals surface area contributed by atoms with Gasteiger partial charge in [0.15, 0.2) is 0 Å². The quantitative estimate of drug-likeness (QED) is 0.713. The molecule has 0 radical (unpaired) electrons. The molecule has 26 heavy (non-hydrogen) atoms. The average molecular weight is 362 g/mol. The Labute approximate surface area is 151 Å². The number of carbonyl (C=O) groups is 3. The molecule has 2 rings (SSSR count). The molecule has 1 aliphatic heterocycles. The second-order valence-corrected chi connectivity index (χ2v) is 5.85. The van der Waals surface area contributed by atoms with Crippen LogP contribution >= 0.6 is 0 Å². The lowest BCUT2D eigenvalue weighted by Crippen LogP contribution is -2.38. The highest BCUT2D eigenvalue weighted by molar-refractivity contribution is 6.03. The molecule has 0 aliphatic carbocycles. The molecule has 0 N–H and O–H groups in total. The van der Waals surface area contributed by atoms with Crippen LogP contribution in [0.1, 0.15) is 5.56 Å². The summed E-state index contributed by atoms with van der Waals surface area (Å²) in [5.41, 5.74) is 1.65. The van der Waals surface area contributed by atoms with Crippen molar-refractivity contribution in [1.29, 1.82) is 0 Å². The molecule has 1 aromatic rings. The molecule has 1 amide bonds. The van der Waals surface area contributed by atoms with Gasteiger partial charge in [0.25, 0.3) is 0 Å². The number of amides is 1. The second kappa shape index (κ2) is 8.48. The molecule has 8 heteroatoms. The molecule has 8 nitrogen and oxygen atoms in total. The van der Waals surface area contributed by atoms with Crippen molar-refractivity contribution < 1.29 is 28.6 Å². The Morgan fingerprint density at radius 2 is 1.69 bits per heavy atom. The normalized spacial score (nSPS) is 14.1. The van der Waals surface area contributed by atoms with Crippen LogP contribution in [0.5, 0.6) is 0 Å². The first kappa shape index (κ1) is 19.5. The minimum Gasteiger partial charge on any atom is -0.466 e. The summed E-state index contributed by atoms with van der Waals surface area (Å²) in [6.07, 6.45) is 0.275. The van der Waals surface area contributed by atoms with Gasteiger partial charge in [0.2, 0.25) is 5.91 Å². The van der Waals surface area contributed by atoms with Gasteiger partial charge in [-0.3, -0.25) is 4.79 Å². The Morgan fingerprint density at radius 1 is 1.08 bits per heavy atom. The van der Waals surface area contributed by atoms with E-state index in [1.54, 1.807) is 43.3 Å². The molecule has 0 saturated carbocycles. The summed E-state index contributed by atoms with van der Waals surface area (Å²) in [7, 11) is 5.88. The van der Waals surface area contributed by atoms with Crippen molar-refractivity contribution in [2.24, 2.45) is 0 Å². The highest BCUT2D eigenvalue weighted by atomic mass is 16.5. The van der Waals surface area contributed by atoms with Crippen molar-refractivity contribution >= 4 is 23.5 Å². The van der Waals surface area contributed by atoms with Crippen LogP contribution < -0.4 is 4.90 Å². The first-order valence-electron chi connectivity index (χ1n) is 7.93. The van der Waals surface area contributed by atoms with Gasteiger partial charge in [0.05, 0.1) is 32.8 Å². The summed E-state index contributed by atoms with van der Waals surface area (Å²) in [5, 5.41) is 0. The Bertz CT molecular complexity index is 724. The third-order valence-electron chi connectivity index (χ3n) is 3.94. The van der Waals surface area contributed by atoms with E-state index in [1.165, 1.54) is 19.1 Å². The number of rotatable bonds is 5. The van der Waals surface area contributed by atoms with E-state index in [0.717, 1.165) is 5.56 Å². The monoisotopic (exact) mass is 362 g/mol. The largest absolute Gasteiger partial charge is 0.466 e. The lowest BCUT2D eigenvalue weighted by molar-refractivity contribution is -0.140. The number of likely N-dealkylation sites (N-methyl/N-ethyl adjacent to an activating group) is 1. The molecule has 0 atom stereocenters. The SMILES string of the molecule is COC(=O)C1=C(C(=O)OC)N(c2ccc(CC(=O)N(C)C)cc2)COC1. The minimum absolute atomic E-state index is 0.0119. The van der Waals surface area contributed by atoms with E-state index in [9.17, 15) is 14.4 Å². The number of anilines is 1. The molecule has 0 unspecified atom stereocenters. The summed E-state index contributed by atoms with van der Waals surface area (Å²) < 4.78 is 15.0. The van der Waals surface area contributed by atoms with Gasteiger partial charge in [-0.1, -0.05) is 12.1 Å². The van der Waals surface area contributed by atoms with Gasteiger partial charge in [-0.05, 0) is 17.7 Å². The average Bonchev–Trinajstić information content (AvgIpc) is 2.66. The third-order valence-corrected chi connectivity index (χ3v) is 3.94. The van der Waals surface area contributed by atoms with E-state index in [1.807, 2.05) is 0 Å². The van der Waals surface area contributed by atoms with Crippen molar-refractivity contribution in [2.75, 3.05) is 46.6 Å². The van der Waals surface area contributed by atoms with Gasteiger partial charge in [-0.2, -0.15) is 0 Å². The number of esters is 2. The molecule has 0 fully saturated rings. The number of benzene rings is 1. The van der Waals surface area contributed by atoms with Crippen LogP contribution in [0.2, 0.25) is 0 Å². The third kappa shape index (κ3) is 4.20. The Kier molecular flexibility index (Phi) is 6.35. The fourth-order valence-corrected chi connectivity index (χ4v) is 2.47. The zero-order valence-electron chi connectivity index (χ0n) is 15.3. The zero-order valence-corrected chi connectivity index (χ0v) is 15.3. The van der Waals surface area contributed by atoms with Crippen LogP contribution in [0.15, 0.2) is 35.5 Å². The van der Waals surface area contributed by atoms with Crippen LogP contribution in [0.4, 0.5) is 5.69 Å². The molecule has 0 saturated heterocycles. The molecule has 0 aromatic heterocycles. The maximum Gasteiger partial charge on any atom is 0.355 e. The first-order chi connectivity index (χ1) is 12.4. The molecular weight excluding hydrogens is 340 g/mol. The van der Waals surface area contributed by atoms with Crippen molar-refractivity contribution in [3.63, 3.8) is 0 Å². The van der Waals surface area contributed by atoms with E-state index in [0.29, 0.717) is 5.69 Å². The molecule has 140 valence electrons. The molecule has 1 aliphatic rings. The number of nitrogens with zero attached hydrogens (tertiary/aromatic N) is 2. The Morgan fingerprint density at radius 3 is 2.23 bits per heavy atom. The van der Waals surface area contributed by atoms with E-state index >= 15 is 0 Å². The van der Waals surface area contributed by atoms with E-state index < -0.39 is 11.9 Å². The van der Waals surface area contributed by atoms with E-state index in [-0.39, 0.29) is 36.9 Å². The molecular formula is C18H22N2O6. The van der Waals surface area contributed by atoms with Crippen LogP contribution in [0, 0.1) is 0 Å². The molecule has 1 aromatic carbocycles. The molecule has 0 bridgehead atoms. The molecule has 0 spiro atoms. The minimum atomic E-state index is -0.652. The summed E-state index contributed by atoms with van der Waals surface area (Å²) in [6, 6.07) is 7.09. The number of methoxy groups -OCH3 is 2. The van der Waals surface area contributed by atoms with Gasteiger partial charge in [0, 0.05) is 19.8 Å². The van der Waals surface area contributed by atoms with Gasteiger partial charge in [-0.15, -0.1) is 0 Å². The first-order valence-corrected chi connectivity index (χ1v) is 7.93. The highest BCUT2D eigenvalue weighted by Crippen LogP contribution is 2.27. The predicted molar refractivity (Wildman–Crippen MR) is 93.2 cm³/mol. The highest BCUT2D eigenvalue weighted by Gasteiger charge is 2.32. The lowest BCUT2D eigenvalue weighted by atomic mass is 10.1. The van der Waals surface area contributed by atoms with Crippen LogP contribution in [0.25, 0.3) is 0 Å². The fraction of sp³-hybridized carbons (Fsp3) is 0.389. The zero-order chi connectivity index (χ0) is 19.3. The van der Waals surface area contributed by atoms with Crippen molar-refractivity contribution in [3.8, 4) is 0 Å². The number of hydrogen-bond donors (Lipinski definition) is 0. The summed E-state index contributed by atoms with van der Waals surface area (Å²) in [5.74, 6) is -1.31. The van der Waals surface area contributed by atoms with Crippen molar-refractivity contribution in [2.45, 2.75) is 6.42 Å². The topological polar surface area (TPSA) is 85.4 Å². The van der Waals surface area contributed by atoms with Gasteiger partial charge >= 0.3 is 11.9 Å². The van der Waals surface area contributed by atoms with Crippen LogP contribution in [-0.2, 0) is 35.0 Å². The maximum absolute atomic E-state index is 12.2. The van der Waals surface area contributed by atoms with Crippen LogP contribution in [0.3, 0.4) is 0 Å². The van der Waals surface area contributed by atoms with E-state index in [2.05, 4.69) is 0 Å². The summed E-state index contributed by atoms with van der Waals surface area (Å²) >= 11 is 0. The Balaban J connectivity index is 2.34. The maximum atomic E-state index is 12.2. The van der Waals surface area contributed by atoms with E-state index in [4.69, 9.17) is 14.2 Å². The standard InChI is InChI=1S/C18H22N2O6/c1-19(2)15(21)9-12-5-7-13(8-6-12)20-11-26-10-14(17(22)24-3)16(20)18(23)25-4/h5-8H,9-11H2,1-4H3. The fourth-order valence-electron chi connectivity index (χ4n) is 2.47. The Hall–Kier alpha value is -2.87. The number of hydrogen-bond acceptors (Lipinski definition) is 7. The number of carbonyl (C=O) groups excluding carboxylic acids is 3. The summed E-state index contributed by atoms with van der Waals surface area (Å²) in [6.45, 7) is 0.0456. The van der Waals surface area contributed by atoms with Crippen molar-refractivity contribution in [3.05, 3.63) is 41.1 Å². The second-order valence-electron chi connectivity index (χ2n) is 5.85. The van der Waals surface area contributed by atoms with Gasteiger partial charge < -0.3 is 24.0 Å². The lowest BCUT2D eigenvalue weighted by Gasteiger charge is -2.31.